The predicted molar refractivity (Wildman–Crippen MR) is 77.0 cm³/mol. The Morgan fingerprint density at radius 2 is 1.65 bits per heavy atom. The van der Waals surface area contributed by atoms with E-state index in [9.17, 15) is 9.59 Å². The van der Waals surface area contributed by atoms with Crippen molar-refractivity contribution in [2.45, 2.75) is 57.9 Å². The van der Waals surface area contributed by atoms with Gasteiger partial charge in [0.2, 0.25) is 11.8 Å². The van der Waals surface area contributed by atoms with Gasteiger partial charge in [-0.2, -0.15) is 0 Å². The number of hydrogen-bond donors (Lipinski definition) is 1. The van der Waals surface area contributed by atoms with Gasteiger partial charge in [0, 0.05) is 31.0 Å². The summed E-state index contributed by atoms with van der Waals surface area (Å²) in [5.41, 5.74) is 0. The van der Waals surface area contributed by atoms with Crippen LogP contribution in [0.2, 0.25) is 0 Å². The highest BCUT2D eigenvalue weighted by Crippen LogP contribution is 2.32. The van der Waals surface area contributed by atoms with Gasteiger partial charge >= 0.3 is 0 Å². The van der Waals surface area contributed by atoms with E-state index in [0.29, 0.717) is 17.9 Å². The Hall–Kier alpha value is -1.06. The summed E-state index contributed by atoms with van der Waals surface area (Å²) < 4.78 is 0. The van der Waals surface area contributed by atoms with Crippen molar-refractivity contribution in [3.8, 4) is 0 Å². The molecular weight excluding hydrogens is 252 g/mol. The molecule has 4 heteroatoms. The molecular formula is C16H26N2O2. The van der Waals surface area contributed by atoms with Gasteiger partial charge in [-0.25, -0.2) is 0 Å². The maximum atomic E-state index is 12.3. The lowest BCUT2D eigenvalue weighted by Gasteiger charge is -2.32. The smallest absolute Gasteiger partial charge is 0.225 e. The van der Waals surface area contributed by atoms with Crippen LogP contribution in [0.3, 0.4) is 0 Å². The summed E-state index contributed by atoms with van der Waals surface area (Å²) in [5.74, 6) is 1.73. The molecule has 0 bridgehead atoms. The molecule has 4 nitrogen and oxygen atoms in total. The van der Waals surface area contributed by atoms with E-state index in [2.05, 4.69) is 12.2 Å². The van der Waals surface area contributed by atoms with Crippen LogP contribution in [-0.4, -0.2) is 35.8 Å². The fourth-order valence-electron chi connectivity index (χ4n) is 3.61. The summed E-state index contributed by atoms with van der Waals surface area (Å²) in [6.07, 6.45) is 7.31. The average molecular weight is 278 g/mol. The molecule has 20 heavy (non-hydrogen) atoms. The van der Waals surface area contributed by atoms with Crippen LogP contribution in [0.4, 0.5) is 0 Å². The largest absolute Gasteiger partial charge is 0.353 e. The second-order valence-electron chi connectivity index (χ2n) is 7.00. The number of carbonyl (C=O) groups is 2. The van der Waals surface area contributed by atoms with Gasteiger partial charge in [0.15, 0.2) is 0 Å². The van der Waals surface area contributed by atoms with Crippen LogP contribution in [0.5, 0.6) is 0 Å². The van der Waals surface area contributed by atoms with Crippen LogP contribution in [0.1, 0.15) is 51.9 Å². The fourth-order valence-corrected chi connectivity index (χ4v) is 3.61. The normalized spacial score (nSPS) is 31.4. The Morgan fingerprint density at radius 1 is 0.950 bits per heavy atom. The average Bonchev–Trinajstić information content (AvgIpc) is 3.22. The van der Waals surface area contributed by atoms with Crippen molar-refractivity contribution in [3.63, 3.8) is 0 Å². The number of hydrogen-bond acceptors (Lipinski definition) is 2. The molecule has 1 N–H and O–H groups in total. The van der Waals surface area contributed by atoms with Crippen molar-refractivity contribution in [2.24, 2.45) is 17.8 Å². The number of carbonyl (C=O) groups excluding carboxylic acids is 2. The van der Waals surface area contributed by atoms with Crippen LogP contribution in [0.15, 0.2) is 0 Å². The molecule has 1 aliphatic heterocycles. The van der Waals surface area contributed by atoms with E-state index in [1.54, 1.807) is 0 Å². The molecule has 3 rings (SSSR count). The first kappa shape index (κ1) is 13.9. The number of nitrogens with zero attached hydrogens (tertiary/aromatic N) is 1. The third-order valence-electron chi connectivity index (χ3n) is 5.15. The minimum absolute atomic E-state index is 0.120. The number of nitrogens with one attached hydrogen (secondary N) is 1. The van der Waals surface area contributed by atoms with Gasteiger partial charge in [-0.1, -0.05) is 6.92 Å². The molecule has 3 fully saturated rings. The molecule has 1 saturated heterocycles. The Bertz CT molecular complexity index is 384. The predicted octanol–water partition coefficient (Wildman–Crippen LogP) is 1.94. The number of rotatable bonds is 3. The van der Waals surface area contributed by atoms with Crippen molar-refractivity contribution in [1.82, 2.24) is 10.2 Å². The van der Waals surface area contributed by atoms with Crippen LogP contribution in [0.25, 0.3) is 0 Å². The maximum absolute atomic E-state index is 12.3. The van der Waals surface area contributed by atoms with Crippen LogP contribution in [0, 0.1) is 17.8 Å². The highest BCUT2D eigenvalue weighted by molar-refractivity contribution is 5.82. The second-order valence-corrected chi connectivity index (χ2v) is 7.00. The Kier molecular flexibility index (Phi) is 3.99. The number of piperidine rings is 1. The lowest BCUT2D eigenvalue weighted by atomic mass is 9.95. The van der Waals surface area contributed by atoms with Gasteiger partial charge in [-0.3, -0.25) is 9.59 Å². The second kappa shape index (κ2) is 5.74. The molecule has 0 aromatic carbocycles. The molecule has 3 aliphatic rings. The van der Waals surface area contributed by atoms with E-state index < -0.39 is 0 Å². The first-order chi connectivity index (χ1) is 9.63. The van der Waals surface area contributed by atoms with Crippen molar-refractivity contribution in [2.75, 3.05) is 13.1 Å². The fraction of sp³-hybridized carbons (Fsp3) is 0.875. The first-order valence-electron chi connectivity index (χ1n) is 8.22. The topological polar surface area (TPSA) is 49.4 Å². The van der Waals surface area contributed by atoms with Crippen molar-refractivity contribution < 1.29 is 9.59 Å². The summed E-state index contributed by atoms with van der Waals surface area (Å²) in [6.45, 7) is 3.80. The Balaban J connectivity index is 1.43. The maximum Gasteiger partial charge on any atom is 0.225 e. The third-order valence-corrected chi connectivity index (χ3v) is 5.15. The van der Waals surface area contributed by atoms with Crippen LogP contribution in [-0.2, 0) is 9.59 Å². The van der Waals surface area contributed by atoms with Crippen molar-refractivity contribution in [1.29, 1.82) is 0 Å². The highest BCUT2D eigenvalue weighted by atomic mass is 16.2. The van der Waals surface area contributed by atoms with Gasteiger partial charge in [0.25, 0.3) is 0 Å². The van der Waals surface area contributed by atoms with Crippen LogP contribution < -0.4 is 5.32 Å². The highest BCUT2D eigenvalue weighted by Gasteiger charge is 2.36. The summed E-state index contributed by atoms with van der Waals surface area (Å²) in [5, 5.41) is 3.22. The van der Waals surface area contributed by atoms with Gasteiger partial charge < -0.3 is 10.2 Å². The molecule has 2 atom stereocenters. The van der Waals surface area contributed by atoms with Crippen LogP contribution >= 0.6 is 0 Å². The lowest BCUT2D eigenvalue weighted by Crippen LogP contribution is -2.45. The van der Waals surface area contributed by atoms with Crippen molar-refractivity contribution in [3.05, 3.63) is 0 Å². The molecule has 0 aromatic heterocycles. The van der Waals surface area contributed by atoms with Gasteiger partial charge in [-0.15, -0.1) is 0 Å². The summed E-state index contributed by atoms with van der Waals surface area (Å²) >= 11 is 0. The SMILES string of the molecule is CC1CCC(NC(=O)C2CCN(C(=O)C3CC3)CC2)C1. The van der Waals surface area contributed by atoms with E-state index in [-0.39, 0.29) is 11.8 Å². The zero-order chi connectivity index (χ0) is 14.1. The van der Waals surface area contributed by atoms with E-state index in [4.69, 9.17) is 0 Å². The standard InChI is InChI=1S/C16H26N2O2/c1-11-2-5-14(10-11)17-15(19)12-6-8-18(9-7-12)16(20)13-3-4-13/h11-14H,2-10H2,1H3,(H,17,19). The molecule has 2 unspecified atom stereocenters. The van der Waals surface area contributed by atoms with Gasteiger partial charge in [0.1, 0.15) is 0 Å². The van der Waals surface area contributed by atoms with Gasteiger partial charge in [-0.05, 0) is 50.9 Å². The molecule has 0 aromatic rings. The molecule has 2 amide bonds. The molecule has 2 aliphatic carbocycles. The molecule has 2 saturated carbocycles. The van der Waals surface area contributed by atoms with E-state index >= 15 is 0 Å². The summed E-state index contributed by atoms with van der Waals surface area (Å²) in [6, 6.07) is 0.392. The lowest BCUT2D eigenvalue weighted by molar-refractivity contribution is -0.136. The van der Waals surface area contributed by atoms with E-state index in [1.165, 1.54) is 6.42 Å². The summed E-state index contributed by atoms with van der Waals surface area (Å²) in [4.78, 5) is 26.2. The zero-order valence-electron chi connectivity index (χ0n) is 12.4. The molecule has 0 spiro atoms. The van der Waals surface area contributed by atoms with E-state index in [0.717, 1.165) is 57.5 Å². The minimum atomic E-state index is 0.120. The van der Waals surface area contributed by atoms with Crippen molar-refractivity contribution >= 4 is 11.8 Å². The molecule has 1 heterocycles. The molecule has 112 valence electrons. The number of amides is 2. The summed E-state index contributed by atoms with van der Waals surface area (Å²) in [7, 11) is 0. The third kappa shape index (κ3) is 3.15. The zero-order valence-corrected chi connectivity index (χ0v) is 12.4. The van der Waals surface area contributed by atoms with E-state index in [1.807, 2.05) is 4.90 Å². The Morgan fingerprint density at radius 3 is 2.20 bits per heavy atom. The molecule has 0 radical (unpaired) electrons. The van der Waals surface area contributed by atoms with Gasteiger partial charge in [0.05, 0.1) is 0 Å². The minimum Gasteiger partial charge on any atom is -0.353 e. The monoisotopic (exact) mass is 278 g/mol. The Labute approximate surface area is 121 Å². The quantitative estimate of drug-likeness (QED) is 0.857. The first-order valence-corrected chi connectivity index (χ1v) is 8.22. The number of likely N-dealkylation sites (tertiary alicyclic amines) is 1.